The quantitative estimate of drug-likeness (QED) is 0.153. The lowest BCUT2D eigenvalue weighted by molar-refractivity contribution is -0.146. The van der Waals surface area contributed by atoms with Gasteiger partial charge in [-0.05, 0) is 81.5 Å². The highest BCUT2D eigenvalue weighted by Crippen LogP contribution is 2.65. The number of urea groups is 1. The van der Waals surface area contributed by atoms with E-state index in [1.54, 1.807) is 25.7 Å². The molecule has 0 aromatic heterocycles. The van der Waals surface area contributed by atoms with Crippen molar-refractivity contribution in [1.82, 2.24) is 26.2 Å². The number of nitrogens with one attached hydrogen (secondary N) is 4. The van der Waals surface area contributed by atoms with Crippen LogP contribution < -0.4 is 21.3 Å². The Bertz CT molecular complexity index is 1520. The van der Waals surface area contributed by atoms with E-state index in [0.29, 0.717) is 38.6 Å². The molecule has 0 aromatic carbocycles. The van der Waals surface area contributed by atoms with Crippen molar-refractivity contribution >= 4 is 39.4 Å². The summed E-state index contributed by atoms with van der Waals surface area (Å²) >= 11 is 0. The van der Waals surface area contributed by atoms with Crippen LogP contribution in [-0.4, -0.2) is 90.1 Å². The fourth-order valence-electron chi connectivity index (χ4n) is 9.27. The van der Waals surface area contributed by atoms with Crippen LogP contribution in [0.25, 0.3) is 0 Å². The summed E-state index contributed by atoms with van der Waals surface area (Å²) in [7, 11) is -3.57. The number of piperidine rings is 1. The molecule has 1 aliphatic heterocycles. The third kappa shape index (κ3) is 8.54. The minimum absolute atomic E-state index is 0.0717. The number of rotatable bonds is 14. The molecule has 0 radical (unpaired) electrons. The van der Waals surface area contributed by atoms with Crippen LogP contribution in [-0.2, 0) is 29.0 Å². The third-order valence-electron chi connectivity index (χ3n) is 13.1. The predicted molar refractivity (Wildman–Crippen MR) is 200 cm³/mol. The highest BCUT2D eigenvalue weighted by atomic mass is 32.2. The fourth-order valence-corrected chi connectivity index (χ4v) is 10.8. The van der Waals surface area contributed by atoms with E-state index in [9.17, 15) is 32.4 Å². The molecule has 13 heteroatoms. The highest BCUT2D eigenvalue weighted by molar-refractivity contribution is 7.92. The van der Waals surface area contributed by atoms with E-state index in [0.717, 1.165) is 51.4 Å². The van der Waals surface area contributed by atoms with Gasteiger partial charge in [0, 0.05) is 13.1 Å². The number of carbonyl (C=O) groups is 5. The van der Waals surface area contributed by atoms with Crippen LogP contribution in [0.1, 0.15) is 125 Å². The lowest BCUT2D eigenvalue weighted by Crippen LogP contribution is -2.65. The molecule has 5 fully saturated rings. The Hall–Kier alpha value is -2.96. The molecule has 5 aliphatic rings. The second-order valence-electron chi connectivity index (χ2n) is 18.5. The molecule has 5 amide bonds. The van der Waals surface area contributed by atoms with Crippen LogP contribution in [0.5, 0.6) is 0 Å². The first-order chi connectivity index (χ1) is 24.3. The Morgan fingerprint density at radius 3 is 2.06 bits per heavy atom. The molecule has 52 heavy (non-hydrogen) atoms. The molecular formula is C39H63N5O7S. The summed E-state index contributed by atoms with van der Waals surface area (Å²) in [5.41, 5.74) is -1.73. The first kappa shape index (κ1) is 40.2. The first-order valence-corrected chi connectivity index (χ1v) is 21.3. The van der Waals surface area contributed by atoms with Crippen molar-refractivity contribution in [2.24, 2.45) is 28.6 Å². The number of carbonyl (C=O) groups excluding carboxylic acids is 5. The summed E-state index contributed by atoms with van der Waals surface area (Å²) in [6.07, 6.45) is 11.6. The predicted octanol–water partition coefficient (Wildman–Crippen LogP) is 4.18. The molecule has 1 saturated heterocycles. The van der Waals surface area contributed by atoms with Crippen molar-refractivity contribution in [3.8, 4) is 0 Å². The molecule has 0 spiro atoms. The number of Topliss-reactive ketones (excluding diaryl/α,β-unsaturated/α-hetero) is 1. The minimum atomic E-state index is -3.57. The van der Waals surface area contributed by atoms with Gasteiger partial charge in [0.1, 0.15) is 12.1 Å². The normalized spacial score (nSPS) is 27.3. The summed E-state index contributed by atoms with van der Waals surface area (Å²) in [6.45, 7) is 15.3. The van der Waals surface area contributed by atoms with E-state index >= 15 is 0 Å². The molecule has 4 N–H and O–H groups in total. The highest BCUT2D eigenvalue weighted by Gasteiger charge is 2.70. The monoisotopic (exact) mass is 745 g/mol. The second kappa shape index (κ2) is 15.1. The number of likely N-dealkylation sites (tertiary alicyclic amines) is 1. The van der Waals surface area contributed by atoms with Gasteiger partial charge in [0.25, 0.3) is 5.91 Å². The topological polar surface area (TPSA) is 171 Å². The van der Waals surface area contributed by atoms with Crippen molar-refractivity contribution in [3.63, 3.8) is 0 Å². The summed E-state index contributed by atoms with van der Waals surface area (Å²) in [6, 6.07) is -3.38. The van der Waals surface area contributed by atoms with E-state index in [4.69, 9.17) is 0 Å². The van der Waals surface area contributed by atoms with Crippen molar-refractivity contribution in [2.45, 2.75) is 153 Å². The molecule has 0 aromatic rings. The molecule has 5 rings (SSSR count). The minimum Gasteiger partial charge on any atom is -0.346 e. The van der Waals surface area contributed by atoms with E-state index in [2.05, 4.69) is 41.7 Å². The zero-order valence-electron chi connectivity index (χ0n) is 32.3. The van der Waals surface area contributed by atoms with E-state index in [1.807, 2.05) is 6.92 Å². The van der Waals surface area contributed by atoms with Crippen LogP contribution in [0.2, 0.25) is 0 Å². The van der Waals surface area contributed by atoms with Gasteiger partial charge in [0.2, 0.25) is 17.6 Å². The number of sulfone groups is 1. The molecule has 0 bridgehead atoms. The summed E-state index contributed by atoms with van der Waals surface area (Å²) in [4.78, 5) is 70.9. The zero-order chi connectivity index (χ0) is 38.3. The maximum absolute atomic E-state index is 14.9. The Balaban J connectivity index is 1.40. The molecule has 4 aliphatic carbocycles. The first-order valence-electron chi connectivity index (χ1n) is 19.6. The van der Waals surface area contributed by atoms with E-state index in [1.165, 1.54) is 6.08 Å². The molecule has 4 saturated carbocycles. The van der Waals surface area contributed by atoms with Crippen LogP contribution in [0.3, 0.4) is 0 Å². The van der Waals surface area contributed by atoms with Gasteiger partial charge >= 0.3 is 6.03 Å². The van der Waals surface area contributed by atoms with Crippen molar-refractivity contribution in [3.05, 3.63) is 12.7 Å². The number of amides is 5. The summed E-state index contributed by atoms with van der Waals surface area (Å²) < 4.78 is 25.9. The molecule has 292 valence electrons. The molecule has 5 atom stereocenters. The van der Waals surface area contributed by atoms with Gasteiger partial charge in [-0.1, -0.05) is 78.2 Å². The molecule has 0 unspecified atom stereocenters. The van der Waals surface area contributed by atoms with Gasteiger partial charge < -0.3 is 26.2 Å². The maximum atomic E-state index is 14.9. The molecule has 12 nitrogen and oxygen atoms in total. The lowest BCUT2D eigenvalue weighted by Gasteiger charge is -2.44. The van der Waals surface area contributed by atoms with Gasteiger partial charge in [0.05, 0.1) is 22.1 Å². The van der Waals surface area contributed by atoms with E-state index < -0.39 is 67.3 Å². The Kier molecular flexibility index (Phi) is 11.6. The molecule has 1 heterocycles. The van der Waals surface area contributed by atoms with Crippen molar-refractivity contribution in [2.75, 3.05) is 18.8 Å². The number of hydrogen-bond donors (Lipinski definition) is 4. The average Bonchev–Trinajstić information content (AvgIpc) is 3.92. The average molecular weight is 746 g/mol. The van der Waals surface area contributed by atoms with Crippen molar-refractivity contribution in [1.29, 1.82) is 0 Å². The van der Waals surface area contributed by atoms with Gasteiger partial charge in [-0.25, -0.2) is 13.2 Å². The van der Waals surface area contributed by atoms with Crippen LogP contribution in [0.4, 0.5) is 4.79 Å². The third-order valence-corrected chi connectivity index (χ3v) is 15.9. The number of ketones is 1. The fraction of sp³-hybridized carbons (Fsp3) is 0.821. The standard InChI is InChI=1S/C39H63N5O7S/c1-8-21-40-33(47)30(45)27(22-25-15-16-25)41-32(46)29-28-26(37(28,5)6)23-44(29)34(48)31(38(7)17-11-9-12-18-38)42-35(49)43-39(19-13-10-14-20-39)24-52(50,51)36(2,3)4/h8,25-29,31H,1,9-24H2,2-7H3,(H,40,47)(H,41,46)(H2,42,43,49)/t26-,27-,28-,29-,31+/m0/s1. The summed E-state index contributed by atoms with van der Waals surface area (Å²) in [5, 5.41) is 11.6. The number of fused-ring (bicyclic) bond motifs is 1. The van der Waals surface area contributed by atoms with E-state index in [-0.39, 0.29) is 41.4 Å². The van der Waals surface area contributed by atoms with Gasteiger partial charge in [-0.3, -0.25) is 19.2 Å². The van der Waals surface area contributed by atoms with Crippen LogP contribution in [0.15, 0.2) is 12.7 Å². The van der Waals surface area contributed by atoms with Gasteiger partial charge in [-0.2, -0.15) is 0 Å². The van der Waals surface area contributed by atoms with Gasteiger partial charge in [0.15, 0.2) is 9.84 Å². The number of hydrogen-bond acceptors (Lipinski definition) is 7. The van der Waals surface area contributed by atoms with Crippen LogP contribution in [0, 0.1) is 28.6 Å². The zero-order valence-corrected chi connectivity index (χ0v) is 33.1. The Morgan fingerprint density at radius 1 is 0.904 bits per heavy atom. The number of nitrogens with zero attached hydrogens (tertiary/aromatic N) is 1. The second-order valence-corrected chi connectivity index (χ2v) is 21.2. The molecular weight excluding hydrogens is 683 g/mol. The smallest absolute Gasteiger partial charge is 0.315 e. The summed E-state index contributed by atoms with van der Waals surface area (Å²) in [5.74, 6) is -2.26. The van der Waals surface area contributed by atoms with Gasteiger partial charge in [-0.15, -0.1) is 6.58 Å². The van der Waals surface area contributed by atoms with Crippen molar-refractivity contribution < 1.29 is 32.4 Å². The largest absolute Gasteiger partial charge is 0.346 e. The maximum Gasteiger partial charge on any atom is 0.315 e. The Morgan fingerprint density at radius 2 is 1.50 bits per heavy atom. The Labute approximate surface area is 310 Å². The lowest BCUT2D eigenvalue weighted by atomic mass is 9.70. The van der Waals surface area contributed by atoms with Crippen LogP contribution >= 0.6 is 0 Å². The SMILES string of the molecule is C=CCNC(=O)C(=O)[C@H](CC1CC1)NC(=O)[C@@H]1[C@@H]2[C@H](CN1C(=O)[C@@H](NC(=O)NC1(CS(=O)(=O)C(C)(C)C)CCCCC1)C1(C)CCCCC1)C2(C)C.